The van der Waals surface area contributed by atoms with Gasteiger partial charge in [-0.2, -0.15) is 0 Å². The monoisotopic (exact) mass is 554 g/mol. The number of rotatable bonds is 3. The molecule has 2 heterocycles. The molecule has 0 N–H and O–H groups in total. The molecule has 1 fully saturated rings. The average molecular weight is 556 g/mol. The molecule has 0 saturated carbocycles. The number of hydrogen-bond donors (Lipinski definition) is 0. The van der Waals surface area contributed by atoms with E-state index in [0.717, 1.165) is 6.07 Å². The van der Waals surface area contributed by atoms with Gasteiger partial charge in [-0.15, -0.1) is 0 Å². The normalized spacial score (nSPS) is 19.3. The number of β-lactam (4-membered cyclic amide) rings is 1. The van der Waals surface area contributed by atoms with Gasteiger partial charge in [0, 0.05) is 5.69 Å². The lowest BCUT2D eigenvalue weighted by Crippen LogP contribution is -2.67. The number of imide groups is 1. The zero-order valence-electron chi connectivity index (χ0n) is 17.6. The minimum absolute atomic E-state index is 0.183. The van der Waals surface area contributed by atoms with Crippen molar-refractivity contribution < 1.29 is 23.2 Å². The van der Waals surface area contributed by atoms with E-state index in [9.17, 15) is 23.2 Å². The maximum atomic E-state index is 14.3. The molecule has 0 aromatic heterocycles. The van der Waals surface area contributed by atoms with E-state index in [1.807, 2.05) is 0 Å². The van der Waals surface area contributed by atoms with E-state index in [-0.39, 0.29) is 36.9 Å². The number of nitrogens with zero attached hydrogens (tertiary/aromatic N) is 2. The Labute approximate surface area is 217 Å². The Balaban J connectivity index is 1.65. The second-order valence-corrected chi connectivity index (χ2v) is 9.58. The van der Waals surface area contributed by atoms with Gasteiger partial charge < -0.3 is 4.90 Å². The lowest BCUT2D eigenvalue weighted by Gasteiger charge is -2.49. The first-order valence-electron chi connectivity index (χ1n) is 10.1. The molecule has 2 aliphatic rings. The Bertz CT molecular complexity index is 1430. The highest BCUT2D eigenvalue weighted by Crippen LogP contribution is 2.49. The summed E-state index contributed by atoms with van der Waals surface area (Å²) < 4.78 is 28.4. The van der Waals surface area contributed by atoms with E-state index in [0.29, 0.717) is 16.0 Å². The van der Waals surface area contributed by atoms with E-state index in [1.54, 1.807) is 6.92 Å². The highest BCUT2D eigenvalue weighted by Gasteiger charge is 2.58. The molecular formula is C24H12Cl4F2N2O3. The second kappa shape index (κ2) is 8.45. The molecule has 0 radical (unpaired) electrons. The number of aryl methyl sites for hydroxylation is 1. The number of halogens is 6. The maximum Gasteiger partial charge on any atom is 0.264 e. The number of anilines is 1. The van der Waals surface area contributed by atoms with Crippen molar-refractivity contribution >= 4 is 69.8 Å². The van der Waals surface area contributed by atoms with E-state index in [2.05, 4.69) is 0 Å². The van der Waals surface area contributed by atoms with E-state index >= 15 is 0 Å². The van der Waals surface area contributed by atoms with Gasteiger partial charge in [0.1, 0.15) is 17.7 Å². The first kappa shape index (κ1) is 24.0. The van der Waals surface area contributed by atoms with E-state index in [1.165, 1.54) is 41.3 Å². The van der Waals surface area contributed by atoms with E-state index in [4.69, 9.17) is 46.4 Å². The number of hydrogen-bond acceptors (Lipinski definition) is 3. The van der Waals surface area contributed by atoms with Gasteiger partial charge in [0.2, 0.25) is 0 Å². The van der Waals surface area contributed by atoms with Crippen LogP contribution in [-0.4, -0.2) is 28.7 Å². The molecule has 3 aromatic rings. The fraction of sp³-hybridized carbons (Fsp3) is 0.125. The summed E-state index contributed by atoms with van der Waals surface area (Å²) in [5.74, 6) is -3.63. The largest absolute Gasteiger partial charge is 0.300 e. The summed E-state index contributed by atoms with van der Waals surface area (Å²) in [7, 11) is 0. The van der Waals surface area contributed by atoms with Crippen molar-refractivity contribution in [2.75, 3.05) is 4.90 Å². The molecule has 2 aliphatic heterocycles. The zero-order chi connectivity index (χ0) is 25.3. The van der Waals surface area contributed by atoms with Crippen molar-refractivity contribution in [3.05, 3.63) is 96.4 Å². The molecule has 5 rings (SSSR count). The number of carbonyl (C=O) groups is 3. The van der Waals surface area contributed by atoms with Crippen LogP contribution in [0.3, 0.4) is 0 Å². The molecule has 0 aliphatic carbocycles. The molecule has 35 heavy (non-hydrogen) atoms. The molecule has 0 unspecified atom stereocenters. The highest BCUT2D eigenvalue weighted by molar-refractivity contribution is 6.55. The predicted octanol–water partition coefficient (Wildman–Crippen LogP) is 6.64. The van der Waals surface area contributed by atoms with Gasteiger partial charge >= 0.3 is 0 Å². The third-order valence-electron chi connectivity index (χ3n) is 6.10. The smallest absolute Gasteiger partial charge is 0.264 e. The van der Waals surface area contributed by atoms with Crippen LogP contribution in [0.5, 0.6) is 0 Å². The third kappa shape index (κ3) is 3.44. The summed E-state index contributed by atoms with van der Waals surface area (Å²) in [6.07, 6.45) is 0. The van der Waals surface area contributed by atoms with Crippen molar-refractivity contribution in [2.45, 2.75) is 19.0 Å². The fourth-order valence-corrected chi connectivity index (χ4v) is 5.40. The van der Waals surface area contributed by atoms with Crippen molar-refractivity contribution in [1.29, 1.82) is 0 Å². The quantitative estimate of drug-likeness (QED) is 0.157. The minimum atomic E-state index is -1.38. The molecule has 3 amide bonds. The number of fused-ring (bicyclic) bond motifs is 1. The van der Waals surface area contributed by atoms with Crippen LogP contribution >= 0.6 is 46.4 Å². The first-order valence-corrected chi connectivity index (χ1v) is 11.6. The molecule has 11 heteroatoms. The average Bonchev–Trinajstić information content (AvgIpc) is 3.07. The Morgan fingerprint density at radius 3 is 1.89 bits per heavy atom. The Hall–Kier alpha value is -2.71. The summed E-state index contributed by atoms with van der Waals surface area (Å²) in [6, 6.07) is 7.13. The van der Waals surface area contributed by atoms with E-state index < -0.39 is 41.4 Å². The standard InChI is InChI=1S/C24H12Cl4F2N2O3/c1-9-5-6-12(8-13(9)30)31-20(10-3-2-4-11(29)7-10)21(24(31)35)32-22(33)14-15(23(32)34)17(26)19(28)18(27)16(14)25/h2-8,20-21H,1H3/t20-,21-/m1/s1. The first-order chi connectivity index (χ1) is 16.5. The van der Waals surface area contributed by atoms with Crippen LogP contribution in [0.2, 0.25) is 20.1 Å². The van der Waals surface area contributed by atoms with Crippen molar-refractivity contribution in [2.24, 2.45) is 0 Å². The molecule has 2 atom stereocenters. The molecule has 3 aromatic carbocycles. The lowest BCUT2D eigenvalue weighted by molar-refractivity contribution is -0.130. The van der Waals surface area contributed by atoms with Gasteiger partial charge in [0.05, 0.1) is 37.3 Å². The molecule has 0 spiro atoms. The van der Waals surface area contributed by atoms with Crippen molar-refractivity contribution in [1.82, 2.24) is 4.90 Å². The van der Waals surface area contributed by atoms with Crippen molar-refractivity contribution in [3.63, 3.8) is 0 Å². The predicted molar refractivity (Wildman–Crippen MR) is 129 cm³/mol. The summed E-state index contributed by atoms with van der Waals surface area (Å²) in [5.41, 5.74) is 0.283. The molecule has 1 saturated heterocycles. The summed E-state index contributed by atoms with van der Waals surface area (Å²) in [6.45, 7) is 1.56. The summed E-state index contributed by atoms with van der Waals surface area (Å²) in [4.78, 5) is 42.1. The van der Waals surface area contributed by atoms with Gasteiger partial charge in [0.15, 0.2) is 0 Å². The maximum absolute atomic E-state index is 14.3. The Morgan fingerprint density at radius 1 is 0.743 bits per heavy atom. The van der Waals surface area contributed by atoms with Gasteiger partial charge in [-0.25, -0.2) is 8.78 Å². The van der Waals surface area contributed by atoms with Gasteiger partial charge in [-0.3, -0.25) is 19.3 Å². The van der Waals surface area contributed by atoms with Crippen LogP contribution < -0.4 is 4.90 Å². The van der Waals surface area contributed by atoms with Crippen LogP contribution in [0, 0.1) is 18.6 Å². The minimum Gasteiger partial charge on any atom is -0.300 e. The topological polar surface area (TPSA) is 57.7 Å². The molecule has 178 valence electrons. The van der Waals surface area contributed by atoms with Crippen LogP contribution in [0.25, 0.3) is 0 Å². The molecular weight excluding hydrogens is 544 g/mol. The van der Waals surface area contributed by atoms with Crippen molar-refractivity contribution in [3.8, 4) is 0 Å². The summed E-state index contributed by atoms with van der Waals surface area (Å²) >= 11 is 24.6. The van der Waals surface area contributed by atoms with Crippen LogP contribution in [-0.2, 0) is 4.79 Å². The highest BCUT2D eigenvalue weighted by atomic mass is 35.5. The summed E-state index contributed by atoms with van der Waals surface area (Å²) in [5, 5.41) is -0.969. The second-order valence-electron chi connectivity index (χ2n) is 8.07. The Kier molecular flexibility index (Phi) is 5.79. The third-order valence-corrected chi connectivity index (χ3v) is 7.90. The number of benzene rings is 3. The zero-order valence-corrected chi connectivity index (χ0v) is 20.6. The lowest BCUT2D eigenvalue weighted by atomic mass is 9.86. The van der Waals surface area contributed by atoms with Gasteiger partial charge in [0.25, 0.3) is 17.7 Å². The van der Waals surface area contributed by atoms with Crippen LogP contribution in [0.1, 0.15) is 37.9 Å². The van der Waals surface area contributed by atoms with Crippen LogP contribution in [0.4, 0.5) is 14.5 Å². The number of carbonyl (C=O) groups excluding carboxylic acids is 3. The van der Waals surface area contributed by atoms with Gasteiger partial charge in [-0.1, -0.05) is 64.6 Å². The van der Waals surface area contributed by atoms with Gasteiger partial charge in [-0.05, 0) is 42.3 Å². The molecule has 0 bridgehead atoms. The number of amides is 3. The fourth-order valence-electron chi connectivity index (χ4n) is 4.39. The molecule has 5 nitrogen and oxygen atoms in total. The Morgan fingerprint density at radius 2 is 1.34 bits per heavy atom. The SMILES string of the molecule is Cc1ccc(N2C(=O)[C@H](N3C(=O)c4c(Cl)c(Cl)c(Cl)c(Cl)c4C3=O)[C@H]2c2cccc(F)c2)cc1F. The van der Waals surface area contributed by atoms with Crippen LogP contribution in [0.15, 0.2) is 42.5 Å².